The van der Waals surface area contributed by atoms with Crippen LogP contribution in [0, 0.1) is 0 Å². The second-order valence-electron chi connectivity index (χ2n) is 9.72. The van der Waals surface area contributed by atoms with E-state index < -0.39 is 23.2 Å². The maximum Gasteiger partial charge on any atom is 0.573 e. The van der Waals surface area contributed by atoms with Crippen LogP contribution < -0.4 is 15.8 Å². The maximum absolute atomic E-state index is 13.1. The lowest BCUT2D eigenvalue weighted by molar-refractivity contribution is -0.274. The number of carbonyl (C=O) groups excluding carboxylic acids is 2. The first-order valence-corrected chi connectivity index (χ1v) is 10.7. The van der Waals surface area contributed by atoms with Crippen LogP contribution in [0.4, 0.5) is 13.2 Å². The molecule has 0 unspecified atom stereocenters. The fourth-order valence-corrected chi connectivity index (χ4v) is 3.69. The van der Waals surface area contributed by atoms with Gasteiger partial charge in [0.15, 0.2) is 0 Å². The first-order valence-electron chi connectivity index (χ1n) is 10.7. The molecule has 2 amide bonds. The van der Waals surface area contributed by atoms with Crippen molar-refractivity contribution in [2.75, 3.05) is 0 Å². The Kier molecular flexibility index (Phi) is 6.43. The molecule has 0 aliphatic heterocycles. The monoisotopic (exact) mass is 475 g/mol. The summed E-state index contributed by atoms with van der Waals surface area (Å²) in [5.74, 6) is -1.20. The van der Waals surface area contributed by atoms with Crippen molar-refractivity contribution in [2.24, 2.45) is 5.73 Å². The number of hydrogen-bond acceptors (Lipinski definition) is 3. The van der Waals surface area contributed by atoms with Crippen molar-refractivity contribution in [1.29, 1.82) is 0 Å². The molecule has 6 nitrogen and oxygen atoms in total. The van der Waals surface area contributed by atoms with E-state index in [1.165, 1.54) is 18.2 Å². The highest BCUT2D eigenvalue weighted by Crippen LogP contribution is 2.38. The molecule has 182 valence electrons. The average Bonchev–Trinajstić information content (AvgIpc) is 3.03. The molecule has 3 rings (SSSR count). The van der Waals surface area contributed by atoms with E-state index >= 15 is 0 Å². The zero-order valence-electron chi connectivity index (χ0n) is 19.7. The molecule has 9 heteroatoms. The lowest BCUT2D eigenvalue weighted by atomic mass is 9.83. The van der Waals surface area contributed by atoms with Gasteiger partial charge in [-0.1, -0.05) is 18.2 Å². The van der Waals surface area contributed by atoms with Gasteiger partial charge in [0.05, 0.1) is 11.1 Å². The lowest BCUT2D eigenvalue weighted by Crippen LogP contribution is -2.42. The molecule has 2 aromatic carbocycles. The number of primary amides is 1. The van der Waals surface area contributed by atoms with Crippen LogP contribution in [-0.2, 0) is 21.5 Å². The standard InChI is InChI=1S/C25H28F3N3O3/c1-23(2,3)30-21(32)14-31-18-11-10-16(24(4,5)22(29)33)12-15(18)13-19(31)17-8-6-7-9-20(17)34-25(26,27)28/h6-13H,14H2,1-5H3,(H2,29,33)(H,30,32). The smallest absolute Gasteiger partial charge is 0.405 e. The van der Waals surface area contributed by atoms with Gasteiger partial charge >= 0.3 is 6.36 Å². The van der Waals surface area contributed by atoms with Crippen molar-refractivity contribution >= 4 is 22.7 Å². The lowest BCUT2D eigenvalue weighted by Gasteiger charge is -2.22. The van der Waals surface area contributed by atoms with Gasteiger partial charge in [0.1, 0.15) is 12.3 Å². The Morgan fingerprint density at radius 2 is 1.65 bits per heavy atom. The molecule has 0 aliphatic carbocycles. The van der Waals surface area contributed by atoms with Gasteiger partial charge < -0.3 is 20.4 Å². The number of benzene rings is 2. The Morgan fingerprint density at radius 3 is 2.24 bits per heavy atom. The minimum Gasteiger partial charge on any atom is -0.405 e. The molecule has 1 heterocycles. The number of halogens is 3. The molecule has 0 bridgehead atoms. The van der Waals surface area contributed by atoms with Crippen LogP contribution in [0.15, 0.2) is 48.5 Å². The summed E-state index contributed by atoms with van der Waals surface area (Å²) >= 11 is 0. The molecule has 0 fully saturated rings. The highest BCUT2D eigenvalue weighted by atomic mass is 19.4. The van der Waals surface area contributed by atoms with E-state index in [1.54, 1.807) is 48.7 Å². The Hall–Kier alpha value is -3.49. The van der Waals surface area contributed by atoms with Gasteiger partial charge in [0.25, 0.3) is 0 Å². The highest BCUT2D eigenvalue weighted by molar-refractivity contribution is 5.93. The number of hydrogen-bond donors (Lipinski definition) is 2. The van der Waals surface area contributed by atoms with Gasteiger partial charge in [-0.15, -0.1) is 13.2 Å². The number of alkyl halides is 3. The van der Waals surface area contributed by atoms with E-state index in [9.17, 15) is 22.8 Å². The minimum absolute atomic E-state index is 0.130. The number of rotatable bonds is 6. The molecule has 0 radical (unpaired) electrons. The fraction of sp³-hybridized carbons (Fsp3) is 0.360. The summed E-state index contributed by atoms with van der Waals surface area (Å²) < 4.78 is 45.1. The molecule has 0 saturated carbocycles. The van der Waals surface area contributed by atoms with E-state index in [0.717, 1.165) is 0 Å². The number of amides is 2. The van der Waals surface area contributed by atoms with Crippen molar-refractivity contribution in [1.82, 2.24) is 9.88 Å². The summed E-state index contributed by atoms with van der Waals surface area (Å²) in [4.78, 5) is 24.7. The number of fused-ring (bicyclic) bond motifs is 1. The molecule has 3 N–H and O–H groups in total. The van der Waals surface area contributed by atoms with Gasteiger partial charge in [-0.3, -0.25) is 9.59 Å². The molecule has 34 heavy (non-hydrogen) atoms. The van der Waals surface area contributed by atoms with Gasteiger partial charge in [0.2, 0.25) is 11.8 Å². The summed E-state index contributed by atoms with van der Waals surface area (Å²) in [7, 11) is 0. The fourth-order valence-electron chi connectivity index (χ4n) is 3.69. The Balaban J connectivity index is 2.22. The Morgan fingerprint density at radius 1 is 1.00 bits per heavy atom. The quantitative estimate of drug-likeness (QED) is 0.533. The molecular formula is C25H28F3N3O3. The molecule has 0 aliphatic rings. The van der Waals surface area contributed by atoms with Crippen molar-refractivity contribution in [3.8, 4) is 17.0 Å². The summed E-state index contributed by atoms with van der Waals surface area (Å²) in [6, 6.07) is 12.7. The van der Waals surface area contributed by atoms with Crippen LogP contribution in [0.5, 0.6) is 5.75 Å². The summed E-state index contributed by atoms with van der Waals surface area (Å²) in [5, 5.41) is 3.52. The zero-order valence-corrected chi connectivity index (χ0v) is 19.7. The van der Waals surface area contributed by atoms with Crippen LogP contribution in [0.3, 0.4) is 0 Å². The molecule has 1 aromatic heterocycles. The van der Waals surface area contributed by atoms with Crippen molar-refractivity contribution in [3.05, 3.63) is 54.1 Å². The first-order chi connectivity index (χ1) is 15.6. The van der Waals surface area contributed by atoms with E-state index in [2.05, 4.69) is 10.1 Å². The van der Waals surface area contributed by atoms with Gasteiger partial charge in [-0.2, -0.15) is 0 Å². The molecule has 0 atom stereocenters. The molecule has 0 saturated heterocycles. The summed E-state index contributed by atoms with van der Waals surface area (Å²) in [5.41, 5.74) is 5.91. The van der Waals surface area contributed by atoms with Crippen molar-refractivity contribution in [2.45, 2.75) is 58.5 Å². The number of nitrogens with zero attached hydrogens (tertiary/aromatic N) is 1. The van der Waals surface area contributed by atoms with E-state index in [0.29, 0.717) is 22.2 Å². The summed E-state index contributed by atoms with van der Waals surface area (Å²) in [6.45, 7) is 8.77. The zero-order chi connectivity index (χ0) is 25.5. The number of nitrogens with two attached hydrogens (primary N) is 1. The summed E-state index contributed by atoms with van der Waals surface area (Å²) in [6.07, 6.45) is -4.88. The number of aromatic nitrogens is 1. The van der Waals surface area contributed by atoms with Crippen molar-refractivity contribution < 1.29 is 27.5 Å². The third-order valence-electron chi connectivity index (χ3n) is 5.44. The van der Waals surface area contributed by atoms with Gasteiger partial charge in [-0.25, -0.2) is 0 Å². The topological polar surface area (TPSA) is 86.3 Å². The van der Waals surface area contributed by atoms with Crippen LogP contribution in [0.25, 0.3) is 22.2 Å². The molecule has 3 aromatic rings. The molecular weight excluding hydrogens is 447 g/mol. The predicted octanol–water partition coefficient (Wildman–Crippen LogP) is 4.88. The first kappa shape index (κ1) is 25.1. The third-order valence-corrected chi connectivity index (χ3v) is 5.44. The van der Waals surface area contributed by atoms with E-state index in [4.69, 9.17) is 5.73 Å². The average molecular weight is 476 g/mol. The highest BCUT2D eigenvalue weighted by Gasteiger charge is 2.33. The second-order valence-corrected chi connectivity index (χ2v) is 9.72. The predicted molar refractivity (Wildman–Crippen MR) is 124 cm³/mol. The number of ether oxygens (including phenoxy) is 1. The van der Waals surface area contributed by atoms with Crippen LogP contribution >= 0.6 is 0 Å². The Bertz CT molecular complexity index is 1240. The third kappa shape index (κ3) is 5.52. The SMILES string of the molecule is CC(C)(C)NC(=O)Cn1c(-c2ccccc2OC(F)(F)F)cc2cc(C(C)(C)C(N)=O)ccc21. The largest absolute Gasteiger partial charge is 0.573 e. The van der Waals surface area contributed by atoms with Crippen LogP contribution in [0.2, 0.25) is 0 Å². The van der Waals surface area contributed by atoms with Crippen LogP contribution in [-0.4, -0.2) is 28.3 Å². The van der Waals surface area contributed by atoms with Gasteiger partial charge in [0, 0.05) is 22.0 Å². The van der Waals surface area contributed by atoms with Gasteiger partial charge in [-0.05, 0) is 70.5 Å². The minimum atomic E-state index is -4.88. The molecule has 0 spiro atoms. The van der Waals surface area contributed by atoms with Crippen LogP contribution in [0.1, 0.15) is 40.2 Å². The Labute approximate surface area is 195 Å². The second kappa shape index (κ2) is 8.70. The number of para-hydroxylation sites is 1. The number of carbonyl (C=O) groups is 2. The van der Waals surface area contributed by atoms with Crippen molar-refractivity contribution in [3.63, 3.8) is 0 Å². The number of nitrogens with one attached hydrogen (secondary N) is 1. The van der Waals surface area contributed by atoms with E-state index in [1.807, 2.05) is 20.8 Å². The maximum atomic E-state index is 13.1. The normalized spacial score (nSPS) is 12.6. The van der Waals surface area contributed by atoms with E-state index in [-0.39, 0.29) is 23.8 Å².